The number of fused-ring (bicyclic) bond motifs is 3. The Hall–Kier alpha value is -0.820. The molecule has 116 valence electrons. The van der Waals surface area contributed by atoms with Gasteiger partial charge in [0.25, 0.3) is 0 Å². The van der Waals surface area contributed by atoms with Gasteiger partial charge in [-0.05, 0) is 78.0 Å². The molecule has 3 atom stereocenters. The third-order valence-corrected chi connectivity index (χ3v) is 6.73. The molecule has 1 nitrogen and oxygen atoms in total. The molecule has 2 aliphatic carbocycles. The maximum atomic E-state index is 10.00. The fourth-order valence-electron chi connectivity index (χ4n) is 5.57. The van der Waals surface area contributed by atoms with Crippen molar-refractivity contribution >= 4 is 0 Å². The van der Waals surface area contributed by atoms with E-state index in [0.29, 0.717) is 12.5 Å². The summed E-state index contributed by atoms with van der Waals surface area (Å²) >= 11 is 0. The van der Waals surface area contributed by atoms with E-state index < -0.39 is 0 Å². The second-order valence-electron chi connectivity index (χ2n) is 7.92. The van der Waals surface area contributed by atoms with E-state index in [0.717, 1.165) is 6.42 Å². The highest BCUT2D eigenvalue weighted by Gasteiger charge is 2.51. The van der Waals surface area contributed by atoms with Gasteiger partial charge in [-0.2, -0.15) is 0 Å². The third-order valence-electron chi connectivity index (χ3n) is 6.73. The Bertz CT molecular complexity index is 547. The minimum Gasteiger partial charge on any atom is -0.396 e. The van der Waals surface area contributed by atoms with Crippen molar-refractivity contribution in [2.75, 3.05) is 6.61 Å². The van der Waals surface area contributed by atoms with Crippen LogP contribution in [0.25, 0.3) is 0 Å². The lowest BCUT2D eigenvalue weighted by molar-refractivity contribution is -0.0179. The molecule has 1 saturated carbocycles. The maximum Gasteiger partial charge on any atom is 0.0487 e. The molecule has 0 unspecified atom stereocenters. The second-order valence-corrected chi connectivity index (χ2v) is 7.92. The molecule has 0 bridgehead atoms. The van der Waals surface area contributed by atoms with Crippen LogP contribution in [0.3, 0.4) is 0 Å². The van der Waals surface area contributed by atoms with Crippen LogP contribution in [0.4, 0.5) is 0 Å². The van der Waals surface area contributed by atoms with E-state index in [1.165, 1.54) is 37.7 Å². The van der Waals surface area contributed by atoms with Crippen molar-refractivity contribution in [3.05, 3.63) is 34.4 Å². The zero-order valence-electron chi connectivity index (χ0n) is 14.1. The van der Waals surface area contributed by atoms with Gasteiger partial charge in [0.1, 0.15) is 0 Å². The summed E-state index contributed by atoms with van der Waals surface area (Å²) in [5.74, 6) is 0.628. The number of aryl methyl sites for hydroxylation is 1. The quantitative estimate of drug-likeness (QED) is 0.845. The number of hydrogen-bond donors (Lipinski definition) is 1. The first-order valence-electron chi connectivity index (χ1n) is 8.69. The lowest BCUT2D eigenvalue weighted by atomic mass is 9.49. The van der Waals surface area contributed by atoms with Crippen LogP contribution in [0.5, 0.6) is 0 Å². The van der Waals surface area contributed by atoms with Crippen LogP contribution >= 0.6 is 0 Å². The number of benzene rings is 1. The number of hydrogen-bond acceptors (Lipinski definition) is 1. The summed E-state index contributed by atoms with van der Waals surface area (Å²) in [6.07, 6.45) is 7.32. The summed E-state index contributed by atoms with van der Waals surface area (Å²) in [4.78, 5) is 0. The molecule has 3 rings (SSSR count). The van der Waals surface area contributed by atoms with Crippen LogP contribution in [-0.4, -0.2) is 11.7 Å². The summed E-state index contributed by atoms with van der Waals surface area (Å²) < 4.78 is 0. The fraction of sp³-hybridized carbons (Fsp3) is 0.700. The minimum absolute atomic E-state index is 0.113. The van der Waals surface area contributed by atoms with Gasteiger partial charge < -0.3 is 5.11 Å². The summed E-state index contributed by atoms with van der Waals surface area (Å²) in [5, 5.41) is 10.00. The molecule has 0 radical (unpaired) electrons. The Morgan fingerprint density at radius 1 is 1.24 bits per heavy atom. The van der Waals surface area contributed by atoms with E-state index in [9.17, 15) is 5.11 Å². The van der Waals surface area contributed by atoms with E-state index in [1.54, 1.807) is 16.7 Å². The number of aliphatic hydroxyl groups excluding tert-OH is 1. The molecule has 2 aliphatic rings. The van der Waals surface area contributed by atoms with Crippen LogP contribution in [0.2, 0.25) is 0 Å². The van der Waals surface area contributed by atoms with Gasteiger partial charge in [0.15, 0.2) is 0 Å². The van der Waals surface area contributed by atoms with Gasteiger partial charge in [-0.1, -0.05) is 39.3 Å². The highest BCUT2D eigenvalue weighted by atomic mass is 16.3. The van der Waals surface area contributed by atoms with E-state index in [1.807, 2.05) is 0 Å². The monoisotopic (exact) mass is 286 g/mol. The van der Waals surface area contributed by atoms with E-state index in [4.69, 9.17) is 0 Å². The van der Waals surface area contributed by atoms with E-state index in [-0.39, 0.29) is 10.8 Å². The van der Waals surface area contributed by atoms with Crippen LogP contribution in [-0.2, 0) is 18.3 Å². The number of rotatable bonds is 2. The summed E-state index contributed by atoms with van der Waals surface area (Å²) in [6.45, 7) is 9.67. The average molecular weight is 286 g/mol. The van der Waals surface area contributed by atoms with Gasteiger partial charge in [0.05, 0.1) is 0 Å². The highest BCUT2D eigenvalue weighted by Crippen LogP contribution is 2.57. The summed E-state index contributed by atoms with van der Waals surface area (Å²) in [5.41, 5.74) is 6.66. The molecule has 0 amide bonds. The van der Waals surface area contributed by atoms with Crippen LogP contribution in [0.1, 0.15) is 68.7 Å². The van der Waals surface area contributed by atoms with Crippen molar-refractivity contribution in [1.29, 1.82) is 0 Å². The molecular weight excluding hydrogens is 256 g/mol. The van der Waals surface area contributed by atoms with Gasteiger partial charge >= 0.3 is 0 Å². The van der Waals surface area contributed by atoms with Crippen molar-refractivity contribution in [2.45, 2.75) is 71.6 Å². The van der Waals surface area contributed by atoms with Crippen LogP contribution < -0.4 is 0 Å². The van der Waals surface area contributed by atoms with Crippen molar-refractivity contribution < 1.29 is 5.11 Å². The summed E-state index contributed by atoms with van der Waals surface area (Å²) in [6, 6.07) is 4.73. The Kier molecular flexibility index (Phi) is 3.68. The first-order valence-corrected chi connectivity index (χ1v) is 8.69. The van der Waals surface area contributed by atoms with Crippen molar-refractivity contribution in [1.82, 2.24) is 0 Å². The van der Waals surface area contributed by atoms with Crippen molar-refractivity contribution in [3.63, 3.8) is 0 Å². The summed E-state index contributed by atoms with van der Waals surface area (Å²) in [7, 11) is 0. The second kappa shape index (κ2) is 5.12. The number of aliphatic hydroxyl groups is 1. The van der Waals surface area contributed by atoms with E-state index in [2.05, 4.69) is 39.8 Å². The first-order chi connectivity index (χ1) is 9.96. The molecule has 0 heterocycles. The van der Waals surface area contributed by atoms with Gasteiger partial charge in [-0.25, -0.2) is 0 Å². The molecule has 0 aliphatic heterocycles. The van der Waals surface area contributed by atoms with Gasteiger partial charge in [-0.15, -0.1) is 0 Å². The Labute approximate surface area is 129 Å². The molecule has 21 heavy (non-hydrogen) atoms. The van der Waals surface area contributed by atoms with Gasteiger partial charge in [0, 0.05) is 6.61 Å². The first kappa shape index (κ1) is 15.1. The normalized spacial score (nSPS) is 35.2. The van der Waals surface area contributed by atoms with Gasteiger partial charge in [-0.3, -0.25) is 0 Å². The molecule has 0 spiro atoms. The maximum absolute atomic E-state index is 10.00. The Morgan fingerprint density at radius 3 is 2.67 bits per heavy atom. The average Bonchev–Trinajstić information content (AvgIpc) is 2.46. The molecule has 1 heteroatoms. The lowest BCUT2D eigenvalue weighted by Crippen LogP contribution is -2.50. The molecule has 1 fully saturated rings. The SMILES string of the molecule is CCc1c(C)ccc2c1CC[C@H]1[C@@](C)(CO)CCC[C@]21C. The predicted molar refractivity (Wildman–Crippen MR) is 88.8 cm³/mol. The Morgan fingerprint density at radius 2 is 2.00 bits per heavy atom. The van der Waals surface area contributed by atoms with Crippen molar-refractivity contribution in [2.24, 2.45) is 11.3 Å². The lowest BCUT2D eigenvalue weighted by Gasteiger charge is -2.55. The largest absolute Gasteiger partial charge is 0.396 e. The zero-order valence-corrected chi connectivity index (χ0v) is 14.1. The smallest absolute Gasteiger partial charge is 0.0487 e. The molecular formula is C20H30O. The standard InChI is InChI=1S/C20H30O/c1-5-15-14(2)7-9-17-16(15)8-10-18-19(3,13-21)11-6-12-20(17,18)4/h7,9,18,21H,5-6,8,10-13H2,1-4H3/t18-,19+,20+/m0/s1. The minimum atomic E-state index is 0.113. The molecule has 0 saturated heterocycles. The third kappa shape index (κ3) is 2.08. The molecule has 1 N–H and O–H groups in total. The topological polar surface area (TPSA) is 20.2 Å². The molecule has 1 aromatic rings. The Balaban J connectivity index is 2.14. The predicted octanol–water partition coefficient (Wildman–Crippen LogP) is 4.56. The highest BCUT2D eigenvalue weighted by molar-refractivity contribution is 5.47. The van der Waals surface area contributed by atoms with E-state index >= 15 is 0 Å². The van der Waals surface area contributed by atoms with Crippen LogP contribution in [0, 0.1) is 18.3 Å². The molecule has 0 aromatic heterocycles. The fourth-order valence-corrected chi connectivity index (χ4v) is 5.57. The van der Waals surface area contributed by atoms with Crippen molar-refractivity contribution in [3.8, 4) is 0 Å². The molecule has 1 aromatic carbocycles. The zero-order chi connectivity index (χ0) is 15.3. The van der Waals surface area contributed by atoms with Gasteiger partial charge in [0.2, 0.25) is 0 Å². The van der Waals surface area contributed by atoms with Crippen LogP contribution in [0.15, 0.2) is 12.1 Å².